The quantitative estimate of drug-likeness (QED) is 0.849. The molecular weight excluding hydrogens is 274 g/mol. The van der Waals surface area contributed by atoms with E-state index in [0.29, 0.717) is 17.0 Å². The molecule has 106 valence electrons. The van der Waals surface area contributed by atoms with Crippen LogP contribution in [-0.4, -0.2) is 18.0 Å². The van der Waals surface area contributed by atoms with Crippen LogP contribution in [0.4, 0.5) is 5.69 Å². The van der Waals surface area contributed by atoms with E-state index in [1.54, 1.807) is 35.7 Å². The lowest BCUT2D eigenvalue weighted by atomic mass is 10.1. The van der Waals surface area contributed by atoms with Crippen LogP contribution in [0.15, 0.2) is 24.4 Å². The van der Waals surface area contributed by atoms with E-state index in [1.165, 1.54) is 7.11 Å². The van der Waals surface area contributed by atoms with Gasteiger partial charge in [-0.25, -0.2) is 4.98 Å². The van der Waals surface area contributed by atoms with Gasteiger partial charge in [-0.3, -0.25) is 4.79 Å². The maximum Gasteiger partial charge on any atom is 0.255 e. The summed E-state index contributed by atoms with van der Waals surface area (Å²) in [5.74, 6) is 0.272. The zero-order valence-electron chi connectivity index (χ0n) is 11.6. The first-order chi connectivity index (χ1) is 9.51. The minimum Gasteiger partial charge on any atom is -0.496 e. The predicted molar refractivity (Wildman–Crippen MR) is 80.1 cm³/mol. The van der Waals surface area contributed by atoms with E-state index < -0.39 is 0 Å². The van der Waals surface area contributed by atoms with Gasteiger partial charge >= 0.3 is 0 Å². The molecule has 0 bridgehead atoms. The summed E-state index contributed by atoms with van der Waals surface area (Å²) in [6.45, 7) is 3.88. The van der Waals surface area contributed by atoms with Gasteiger partial charge in [0.15, 0.2) is 0 Å². The molecule has 0 spiro atoms. The lowest BCUT2D eigenvalue weighted by molar-refractivity contribution is 0.0937. The van der Waals surface area contributed by atoms with Gasteiger partial charge in [-0.1, -0.05) is 0 Å². The number of methoxy groups -OCH3 is 1. The number of nitrogens with one attached hydrogen (secondary N) is 1. The number of nitrogens with zero attached hydrogens (tertiary/aromatic N) is 1. The zero-order valence-corrected chi connectivity index (χ0v) is 12.5. The fraction of sp³-hybridized carbons (Fsp3) is 0.286. The number of aryl methyl sites for hydroxylation is 1. The molecule has 2 rings (SSSR count). The summed E-state index contributed by atoms with van der Waals surface area (Å²) in [7, 11) is 1.52. The van der Waals surface area contributed by atoms with Gasteiger partial charge in [0.2, 0.25) is 0 Å². The smallest absolute Gasteiger partial charge is 0.255 e. The van der Waals surface area contributed by atoms with E-state index in [0.717, 1.165) is 9.88 Å². The van der Waals surface area contributed by atoms with Gasteiger partial charge in [0.05, 0.1) is 18.7 Å². The van der Waals surface area contributed by atoms with Crippen molar-refractivity contribution in [3.05, 3.63) is 39.8 Å². The number of benzene rings is 1. The van der Waals surface area contributed by atoms with Gasteiger partial charge in [-0.2, -0.15) is 0 Å². The number of thiazole rings is 1. The minimum absolute atomic E-state index is 0.160. The molecule has 3 N–H and O–H groups in total. The third-order valence-electron chi connectivity index (χ3n) is 2.83. The number of nitrogens with two attached hydrogens (primary N) is 1. The molecule has 1 heterocycles. The van der Waals surface area contributed by atoms with Gasteiger partial charge in [0, 0.05) is 16.8 Å². The molecule has 1 amide bonds. The van der Waals surface area contributed by atoms with E-state index in [9.17, 15) is 4.79 Å². The molecule has 2 aromatic rings. The van der Waals surface area contributed by atoms with Crippen molar-refractivity contribution in [3.8, 4) is 5.75 Å². The average molecular weight is 291 g/mol. The Morgan fingerprint density at radius 3 is 2.85 bits per heavy atom. The second-order valence-electron chi connectivity index (χ2n) is 4.46. The Hall–Kier alpha value is -2.08. The minimum atomic E-state index is -0.227. The summed E-state index contributed by atoms with van der Waals surface area (Å²) in [5.41, 5.74) is 6.67. The molecule has 0 radical (unpaired) electrons. The SMILES string of the molecule is COc1ccc(N)cc1C(=O)NC(C)c1ncc(C)s1. The fourth-order valence-corrected chi connectivity index (χ4v) is 2.59. The highest BCUT2D eigenvalue weighted by molar-refractivity contribution is 7.11. The third kappa shape index (κ3) is 3.08. The van der Waals surface area contributed by atoms with Crippen molar-refractivity contribution >= 4 is 22.9 Å². The Balaban J connectivity index is 2.18. The molecule has 0 saturated heterocycles. The normalized spacial score (nSPS) is 11.9. The molecule has 0 aliphatic rings. The molecule has 1 aromatic carbocycles. The molecule has 1 unspecified atom stereocenters. The summed E-state index contributed by atoms with van der Waals surface area (Å²) in [6.07, 6.45) is 1.80. The Bertz CT molecular complexity index is 625. The first kappa shape index (κ1) is 14.3. The second-order valence-corrected chi connectivity index (χ2v) is 5.73. The van der Waals surface area contributed by atoms with Crippen LogP contribution in [0.2, 0.25) is 0 Å². The standard InChI is InChI=1S/C14H17N3O2S/c1-8-7-16-14(20-8)9(2)17-13(18)11-6-10(15)4-5-12(11)19-3/h4-7,9H,15H2,1-3H3,(H,17,18). The van der Waals surface area contributed by atoms with Crippen LogP contribution in [0.25, 0.3) is 0 Å². The van der Waals surface area contributed by atoms with E-state index in [-0.39, 0.29) is 11.9 Å². The van der Waals surface area contributed by atoms with Crippen LogP contribution in [0.5, 0.6) is 5.75 Å². The zero-order chi connectivity index (χ0) is 14.7. The van der Waals surface area contributed by atoms with Crippen molar-refractivity contribution in [2.75, 3.05) is 12.8 Å². The third-order valence-corrected chi connectivity index (χ3v) is 3.92. The highest BCUT2D eigenvalue weighted by Gasteiger charge is 2.17. The summed E-state index contributed by atoms with van der Waals surface area (Å²) in [5, 5.41) is 3.77. The van der Waals surface area contributed by atoms with Gasteiger partial charge in [-0.15, -0.1) is 11.3 Å². The Morgan fingerprint density at radius 2 is 2.25 bits per heavy atom. The van der Waals surface area contributed by atoms with Crippen LogP contribution in [0, 0.1) is 6.92 Å². The van der Waals surface area contributed by atoms with Crippen LogP contribution < -0.4 is 15.8 Å². The number of anilines is 1. The second kappa shape index (κ2) is 5.92. The topological polar surface area (TPSA) is 77.2 Å². The maximum atomic E-state index is 12.3. The van der Waals surface area contributed by atoms with Crippen molar-refractivity contribution in [2.24, 2.45) is 0 Å². The van der Waals surface area contributed by atoms with E-state index in [4.69, 9.17) is 10.5 Å². The number of nitrogen functional groups attached to an aromatic ring is 1. The molecule has 1 atom stereocenters. The number of carbonyl (C=O) groups excluding carboxylic acids is 1. The number of rotatable bonds is 4. The van der Waals surface area contributed by atoms with E-state index in [2.05, 4.69) is 10.3 Å². The number of aromatic nitrogens is 1. The fourth-order valence-electron chi connectivity index (χ4n) is 1.81. The van der Waals surface area contributed by atoms with E-state index >= 15 is 0 Å². The van der Waals surface area contributed by atoms with Crippen LogP contribution in [0.3, 0.4) is 0 Å². The van der Waals surface area contributed by atoms with Gasteiger partial charge in [-0.05, 0) is 32.0 Å². The molecule has 6 heteroatoms. The lowest BCUT2D eigenvalue weighted by Gasteiger charge is -2.13. The Morgan fingerprint density at radius 1 is 1.50 bits per heavy atom. The average Bonchev–Trinajstić information content (AvgIpc) is 2.85. The first-order valence-electron chi connectivity index (χ1n) is 6.18. The van der Waals surface area contributed by atoms with Crippen molar-refractivity contribution < 1.29 is 9.53 Å². The lowest BCUT2D eigenvalue weighted by Crippen LogP contribution is -2.27. The highest BCUT2D eigenvalue weighted by Crippen LogP contribution is 2.23. The molecule has 0 aliphatic carbocycles. The molecule has 20 heavy (non-hydrogen) atoms. The van der Waals surface area contributed by atoms with E-state index in [1.807, 2.05) is 13.8 Å². The number of amides is 1. The molecule has 0 saturated carbocycles. The molecule has 0 aliphatic heterocycles. The molecule has 0 fully saturated rings. The van der Waals surface area contributed by atoms with Gasteiger partial charge < -0.3 is 15.8 Å². The van der Waals surface area contributed by atoms with Crippen LogP contribution in [0.1, 0.15) is 33.2 Å². The summed E-state index contributed by atoms with van der Waals surface area (Å²) >= 11 is 1.56. The molecule has 1 aromatic heterocycles. The molecular formula is C14H17N3O2S. The Labute approximate surface area is 121 Å². The number of carbonyl (C=O) groups is 1. The molecule has 5 nitrogen and oxygen atoms in total. The summed E-state index contributed by atoms with van der Waals surface area (Å²) < 4.78 is 5.18. The van der Waals surface area contributed by atoms with Crippen molar-refractivity contribution in [1.29, 1.82) is 0 Å². The predicted octanol–water partition coefficient (Wildman–Crippen LogP) is 2.53. The number of hydrogen-bond acceptors (Lipinski definition) is 5. The summed E-state index contributed by atoms with van der Waals surface area (Å²) in [6, 6.07) is 4.83. The van der Waals surface area contributed by atoms with Crippen molar-refractivity contribution in [2.45, 2.75) is 19.9 Å². The van der Waals surface area contributed by atoms with Crippen molar-refractivity contribution in [1.82, 2.24) is 10.3 Å². The maximum absolute atomic E-state index is 12.3. The number of ether oxygens (including phenoxy) is 1. The van der Waals surface area contributed by atoms with Gasteiger partial charge in [0.1, 0.15) is 10.8 Å². The largest absolute Gasteiger partial charge is 0.496 e. The van der Waals surface area contributed by atoms with Crippen LogP contribution >= 0.6 is 11.3 Å². The first-order valence-corrected chi connectivity index (χ1v) is 6.99. The van der Waals surface area contributed by atoms with Crippen LogP contribution in [-0.2, 0) is 0 Å². The Kier molecular flexibility index (Phi) is 4.24. The van der Waals surface area contributed by atoms with Crippen molar-refractivity contribution in [3.63, 3.8) is 0 Å². The number of hydrogen-bond donors (Lipinski definition) is 2. The highest BCUT2D eigenvalue weighted by atomic mass is 32.1. The summed E-state index contributed by atoms with van der Waals surface area (Å²) in [4.78, 5) is 17.7. The van der Waals surface area contributed by atoms with Gasteiger partial charge in [0.25, 0.3) is 5.91 Å². The monoisotopic (exact) mass is 291 g/mol.